The Hall–Kier alpha value is -3.79. The number of hydrogen-bond acceptors (Lipinski definition) is 6. The van der Waals surface area contributed by atoms with Crippen LogP contribution in [0.4, 0.5) is 10.5 Å². The number of anilines is 1. The maximum absolute atomic E-state index is 12.9. The highest BCUT2D eigenvalue weighted by Crippen LogP contribution is 2.26. The van der Waals surface area contributed by atoms with Crippen molar-refractivity contribution in [3.63, 3.8) is 0 Å². The van der Waals surface area contributed by atoms with Crippen molar-refractivity contribution < 1.29 is 9.59 Å². The monoisotopic (exact) mass is 502 g/mol. The molecule has 1 aromatic heterocycles. The fraction of sp³-hybridized carbons (Fsp3) is 0.444. The minimum Gasteiger partial charge on any atom is -0.336 e. The predicted octanol–water partition coefficient (Wildman–Crippen LogP) is 2.90. The van der Waals surface area contributed by atoms with Crippen LogP contribution in [0.2, 0.25) is 0 Å². The van der Waals surface area contributed by atoms with E-state index in [0.717, 1.165) is 56.4 Å². The van der Waals surface area contributed by atoms with Gasteiger partial charge in [-0.3, -0.25) is 9.69 Å². The predicted molar refractivity (Wildman–Crippen MR) is 140 cm³/mol. The van der Waals surface area contributed by atoms with Gasteiger partial charge in [0.15, 0.2) is 5.82 Å². The van der Waals surface area contributed by atoms with E-state index < -0.39 is 0 Å². The third-order valence-corrected chi connectivity index (χ3v) is 7.33. The summed E-state index contributed by atoms with van der Waals surface area (Å²) in [6.45, 7) is 3.51. The summed E-state index contributed by atoms with van der Waals surface area (Å²) in [5, 5.41) is 17.8. The molecule has 1 aliphatic carbocycles. The van der Waals surface area contributed by atoms with Crippen LogP contribution in [0.3, 0.4) is 0 Å². The Bertz CT molecular complexity index is 1210. The molecule has 2 aromatic carbocycles. The minimum atomic E-state index is -0.214. The average Bonchev–Trinajstić information content (AvgIpc) is 3.33. The molecule has 1 saturated heterocycles. The lowest BCUT2D eigenvalue weighted by Gasteiger charge is -2.39. The lowest BCUT2D eigenvalue weighted by molar-refractivity contribution is -0.137. The SMILES string of the molecule is Cn1nnnc1-c1cccc(NC(=O)N[C@@H]2CCCC[C@H]2CN2CCN(Cc3ccccc3)C(=O)C2)c1. The number of benzene rings is 2. The molecule has 2 atom stereocenters. The zero-order valence-corrected chi connectivity index (χ0v) is 21.2. The van der Waals surface area contributed by atoms with Crippen LogP contribution in [0, 0.1) is 5.92 Å². The van der Waals surface area contributed by atoms with Crippen molar-refractivity contribution in [3.8, 4) is 11.4 Å². The summed E-state index contributed by atoms with van der Waals surface area (Å²) < 4.78 is 1.60. The normalized spacial score (nSPS) is 20.6. The molecule has 194 valence electrons. The number of aryl methyl sites for hydroxylation is 1. The van der Waals surface area contributed by atoms with E-state index in [1.807, 2.05) is 47.4 Å². The molecule has 37 heavy (non-hydrogen) atoms. The van der Waals surface area contributed by atoms with E-state index in [9.17, 15) is 9.59 Å². The van der Waals surface area contributed by atoms with Gasteiger partial charge in [0.2, 0.25) is 5.91 Å². The van der Waals surface area contributed by atoms with E-state index in [1.54, 1.807) is 11.7 Å². The summed E-state index contributed by atoms with van der Waals surface area (Å²) in [7, 11) is 1.78. The molecule has 10 heteroatoms. The molecule has 10 nitrogen and oxygen atoms in total. The first-order valence-corrected chi connectivity index (χ1v) is 13.0. The summed E-state index contributed by atoms with van der Waals surface area (Å²) in [5.74, 6) is 1.13. The van der Waals surface area contributed by atoms with Crippen LogP contribution in [0.5, 0.6) is 0 Å². The van der Waals surface area contributed by atoms with Gasteiger partial charge in [-0.05, 0) is 46.9 Å². The summed E-state index contributed by atoms with van der Waals surface area (Å²) >= 11 is 0. The molecule has 3 amide bonds. The second-order valence-corrected chi connectivity index (χ2v) is 9.99. The fourth-order valence-corrected chi connectivity index (χ4v) is 5.38. The number of carbonyl (C=O) groups is 2. The second-order valence-electron chi connectivity index (χ2n) is 9.99. The van der Waals surface area contributed by atoms with Crippen molar-refractivity contribution in [1.29, 1.82) is 0 Å². The summed E-state index contributed by atoms with van der Waals surface area (Å²) in [5.41, 5.74) is 2.67. The third-order valence-electron chi connectivity index (χ3n) is 7.33. The van der Waals surface area contributed by atoms with Gasteiger partial charge in [0.25, 0.3) is 0 Å². The number of amides is 3. The number of urea groups is 1. The van der Waals surface area contributed by atoms with Crippen LogP contribution in [0.25, 0.3) is 11.4 Å². The lowest BCUT2D eigenvalue weighted by atomic mass is 9.84. The first-order chi connectivity index (χ1) is 18.0. The molecule has 0 bridgehead atoms. The van der Waals surface area contributed by atoms with Crippen LogP contribution in [-0.2, 0) is 18.4 Å². The number of piperazine rings is 1. The van der Waals surface area contributed by atoms with Crippen molar-refractivity contribution in [3.05, 3.63) is 60.2 Å². The van der Waals surface area contributed by atoms with Crippen molar-refractivity contribution >= 4 is 17.6 Å². The number of hydrogen-bond donors (Lipinski definition) is 2. The molecule has 2 aliphatic rings. The van der Waals surface area contributed by atoms with Gasteiger partial charge in [-0.2, -0.15) is 0 Å². The van der Waals surface area contributed by atoms with Crippen molar-refractivity contribution in [2.24, 2.45) is 13.0 Å². The summed E-state index contributed by atoms with van der Waals surface area (Å²) in [6, 6.07) is 17.5. The van der Waals surface area contributed by atoms with Gasteiger partial charge in [0, 0.05) is 50.5 Å². The molecule has 5 rings (SSSR count). The van der Waals surface area contributed by atoms with Gasteiger partial charge in [-0.25, -0.2) is 9.48 Å². The highest BCUT2D eigenvalue weighted by molar-refractivity contribution is 5.90. The zero-order valence-electron chi connectivity index (χ0n) is 21.2. The molecule has 3 aromatic rings. The van der Waals surface area contributed by atoms with Crippen LogP contribution in [0.1, 0.15) is 31.2 Å². The zero-order chi connectivity index (χ0) is 25.6. The number of nitrogens with zero attached hydrogens (tertiary/aromatic N) is 6. The van der Waals surface area contributed by atoms with E-state index in [2.05, 4.69) is 43.2 Å². The molecule has 0 radical (unpaired) electrons. The van der Waals surface area contributed by atoms with Gasteiger partial charge in [0.05, 0.1) is 6.54 Å². The Morgan fingerprint density at radius 1 is 1.05 bits per heavy atom. The highest BCUT2D eigenvalue weighted by atomic mass is 16.2. The number of rotatable bonds is 7. The minimum absolute atomic E-state index is 0.0809. The Labute approximate surface area is 217 Å². The smallest absolute Gasteiger partial charge is 0.319 e. The molecule has 1 aliphatic heterocycles. The Morgan fingerprint density at radius 3 is 2.68 bits per heavy atom. The first-order valence-electron chi connectivity index (χ1n) is 13.0. The topological polar surface area (TPSA) is 108 Å². The maximum Gasteiger partial charge on any atom is 0.319 e. The van der Waals surface area contributed by atoms with E-state index in [1.165, 1.54) is 0 Å². The van der Waals surface area contributed by atoms with Crippen LogP contribution in [-0.4, -0.2) is 74.2 Å². The van der Waals surface area contributed by atoms with Gasteiger partial charge in [-0.15, -0.1) is 5.10 Å². The third kappa shape index (κ3) is 6.32. The van der Waals surface area contributed by atoms with Crippen LogP contribution < -0.4 is 10.6 Å². The molecule has 0 unspecified atom stereocenters. The first kappa shape index (κ1) is 24.9. The van der Waals surface area contributed by atoms with E-state index in [4.69, 9.17) is 0 Å². The molecule has 2 N–H and O–H groups in total. The fourth-order valence-electron chi connectivity index (χ4n) is 5.38. The molecule has 0 spiro atoms. The summed E-state index contributed by atoms with van der Waals surface area (Å²) in [6.07, 6.45) is 4.25. The lowest BCUT2D eigenvalue weighted by Crippen LogP contribution is -2.53. The molecule has 1 saturated carbocycles. The van der Waals surface area contributed by atoms with Gasteiger partial charge < -0.3 is 15.5 Å². The van der Waals surface area contributed by atoms with Gasteiger partial charge >= 0.3 is 6.03 Å². The number of tetrazole rings is 1. The Morgan fingerprint density at radius 2 is 1.89 bits per heavy atom. The molecule has 2 heterocycles. The van der Waals surface area contributed by atoms with Crippen molar-refractivity contribution in [1.82, 2.24) is 35.3 Å². The summed E-state index contributed by atoms with van der Waals surface area (Å²) in [4.78, 5) is 29.9. The van der Waals surface area contributed by atoms with E-state index in [-0.39, 0.29) is 18.0 Å². The highest BCUT2D eigenvalue weighted by Gasteiger charge is 2.31. The largest absolute Gasteiger partial charge is 0.336 e. The number of carbonyl (C=O) groups excluding carboxylic acids is 2. The van der Waals surface area contributed by atoms with Gasteiger partial charge in [0.1, 0.15) is 0 Å². The Balaban J connectivity index is 1.14. The Kier molecular flexibility index (Phi) is 7.74. The number of nitrogens with one attached hydrogen (secondary N) is 2. The molecule has 2 fully saturated rings. The quantitative estimate of drug-likeness (QED) is 0.514. The van der Waals surface area contributed by atoms with Crippen LogP contribution in [0.15, 0.2) is 54.6 Å². The van der Waals surface area contributed by atoms with Gasteiger partial charge in [-0.1, -0.05) is 55.3 Å². The molecular weight excluding hydrogens is 468 g/mol. The standard InChI is InChI=1S/C27H34N8O2/c1-33-26(30-31-32-33)21-11-7-12-23(16-21)28-27(37)29-24-13-6-5-10-22(24)18-34-14-15-35(25(36)19-34)17-20-8-3-2-4-9-20/h2-4,7-9,11-12,16,22,24H,5-6,10,13-15,17-19H2,1H3,(H2,28,29,37)/t22-,24+/m0/s1. The van der Waals surface area contributed by atoms with Crippen molar-refractivity contribution in [2.45, 2.75) is 38.3 Å². The van der Waals surface area contributed by atoms with Crippen LogP contribution >= 0.6 is 0 Å². The van der Waals surface area contributed by atoms with Crippen molar-refractivity contribution in [2.75, 3.05) is 31.5 Å². The van der Waals surface area contributed by atoms with E-state index in [0.29, 0.717) is 30.5 Å². The molecular formula is C27H34N8O2. The average molecular weight is 503 g/mol. The van der Waals surface area contributed by atoms with E-state index >= 15 is 0 Å². The number of aromatic nitrogens is 4. The second kappa shape index (κ2) is 11.5. The maximum atomic E-state index is 12.9.